The average molecular weight is 462 g/mol. The molecule has 2 aliphatic rings. The van der Waals surface area contributed by atoms with E-state index in [1.54, 1.807) is 4.31 Å². The second-order valence-electron chi connectivity index (χ2n) is 8.55. The van der Waals surface area contributed by atoms with Crippen molar-refractivity contribution in [3.63, 3.8) is 0 Å². The Bertz CT molecular complexity index is 998. The number of nitrogens with one attached hydrogen (secondary N) is 1. The van der Waals surface area contributed by atoms with Gasteiger partial charge in [0.1, 0.15) is 10.7 Å². The van der Waals surface area contributed by atoms with Crippen LogP contribution < -0.4 is 5.32 Å². The van der Waals surface area contributed by atoms with Crippen molar-refractivity contribution >= 4 is 27.3 Å². The summed E-state index contributed by atoms with van der Waals surface area (Å²) in [6.07, 6.45) is 7.26. The largest absolute Gasteiger partial charge is 0.347 e. The number of hydrogen-bond acceptors (Lipinski definition) is 5. The second-order valence-corrected chi connectivity index (χ2v) is 12.0. The maximum atomic E-state index is 13.4. The Hall–Kier alpha value is -1.77. The number of nitrogens with zero attached hydrogens (tertiary/aromatic N) is 2. The van der Waals surface area contributed by atoms with Gasteiger partial charge in [0.05, 0.1) is 11.3 Å². The maximum absolute atomic E-state index is 13.4. The van der Waals surface area contributed by atoms with Crippen molar-refractivity contribution in [1.82, 2.24) is 14.6 Å². The van der Waals surface area contributed by atoms with E-state index in [0.717, 1.165) is 66.8 Å². The number of sulfonamides is 1. The third-order valence-corrected chi connectivity index (χ3v) is 9.84. The monoisotopic (exact) mass is 461 g/mol. The Kier molecular flexibility index (Phi) is 7.08. The van der Waals surface area contributed by atoms with Crippen LogP contribution in [0.1, 0.15) is 83.3 Å². The summed E-state index contributed by atoms with van der Waals surface area (Å²) in [7, 11) is -3.35. The number of amides is 1. The zero-order valence-corrected chi connectivity index (χ0v) is 19.7. The van der Waals surface area contributed by atoms with Crippen molar-refractivity contribution in [1.29, 1.82) is 0 Å². The van der Waals surface area contributed by atoms with Gasteiger partial charge in [0.2, 0.25) is 10.0 Å². The molecule has 2 heterocycles. The van der Waals surface area contributed by atoms with Gasteiger partial charge >= 0.3 is 0 Å². The van der Waals surface area contributed by atoms with Crippen molar-refractivity contribution in [3.8, 4) is 0 Å². The molecule has 0 bridgehead atoms. The van der Waals surface area contributed by atoms with Crippen molar-refractivity contribution < 1.29 is 13.2 Å². The Morgan fingerprint density at radius 2 is 1.81 bits per heavy atom. The molecule has 0 radical (unpaired) electrons. The molecule has 1 aliphatic carbocycles. The van der Waals surface area contributed by atoms with Gasteiger partial charge in [-0.15, -0.1) is 11.3 Å². The van der Waals surface area contributed by atoms with Gasteiger partial charge in [-0.25, -0.2) is 13.4 Å². The topological polar surface area (TPSA) is 79.4 Å². The highest BCUT2D eigenvalue weighted by atomic mass is 32.2. The maximum Gasteiger partial charge on any atom is 0.271 e. The van der Waals surface area contributed by atoms with E-state index in [2.05, 4.69) is 10.3 Å². The number of aryl methyl sites for hydroxylation is 1. The van der Waals surface area contributed by atoms with E-state index in [1.807, 2.05) is 37.3 Å². The summed E-state index contributed by atoms with van der Waals surface area (Å²) < 4.78 is 28.6. The molecule has 1 N–H and O–H groups in total. The molecule has 1 amide bonds. The first-order valence-electron chi connectivity index (χ1n) is 11.3. The fourth-order valence-corrected chi connectivity index (χ4v) is 8.03. The molecule has 2 fully saturated rings. The standard InChI is InChI=1S/C23H31N3O3S2/c1-17-21(22(27)24-16-18-10-4-2-5-11-18)25-23(30-17)20-14-8-9-15-26(20)31(28,29)19-12-6-3-7-13-19/h2,4-5,10-11,19-20H,3,6-9,12-16H2,1H3,(H,24,27)/t20-/m0/s1. The van der Waals surface area contributed by atoms with E-state index < -0.39 is 10.0 Å². The molecule has 4 rings (SSSR count). The second kappa shape index (κ2) is 9.79. The lowest BCUT2D eigenvalue weighted by molar-refractivity contribution is 0.0945. The van der Waals surface area contributed by atoms with Crippen LogP contribution in [0, 0.1) is 6.92 Å². The molecule has 168 valence electrons. The van der Waals surface area contributed by atoms with E-state index in [-0.39, 0.29) is 17.2 Å². The Balaban J connectivity index is 1.52. The molecule has 1 atom stereocenters. The molecule has 31 heavy (non-hydrogen) atoms. The molecule has 2 aromatic rings. The summed E-state index contributed by atoms with van der Waals surface area (Å²) in [5.41, 5.74) is 1.44. The summed E-state index contributed by atoms with van der Waals surface area (Å²) in [5.74, 6) is -0.207. The Morgan fingerprint density at radius 3 is 2.55 bits per heavy atom. The number of piperidine rings is 1. The molecular weight excluding hydrogens is 430 g/mol. The predicted molar refractivity (Wildman–Crippen MR) is 124 cm³/mol. The number of rotatable bonds is 6. The minimum atomic E-state index is -3.35. The minimum absolute atomic E-state index is 0.207. The SMILES string of the molecule is Cc1sc([C@@H]2CCCCN2S(=O)(=O)C2CCCCC2)nc1C(=O)NCc1ccccc1. The zero-order valence-electron chi connectivity index (χ0n) is 18.0. The minimum Gasteiger partial charge on any atom is -0.347 e. The molecule has 1 saturated carbocycles. The van der Waals surface area contributed by atoms with Crippen molar-refractivity contribution in [2.45, 2.75) is 76.1 Å². The molecular formula is C23H31N3O3S2. The molecule has 1 aromatic heterocycles. The van der Waals surface area contributed by atoms with Crippen LogP contribution in [0.2, 0.25) is 0 Å². The van der Waals surface area contributed by atoms with Crippen LogP contribution in [0.15, 0.2) is 30.3 Å². The van der Waals surface area contributed by atoms with Gasteiger partial charge in [0.25, 0.3) is 5.91 Å². The molecule has 1 aromatic carbocycles. The van der Waals surface area contributed by atoms with Gasteiger partial charge in [0, 0.05) is 18.0 Å². The van der Waals surface area contributed by atoms with Crippen LogP contribution in [-0.2, 0) is 16.6 Å². The first-order valence-corrected chi connectivity index (χ1v) is 13.6. The number of thiazole rings is 1. The molecule has 1 saturated heterocycles. The first-order chi connectivity index (χ1) is 15.0. The molecule has 1 aliphatic heterocycles. The number of benzene rings is 1. The van der Waals surface area contributed by atoms with Gasteiger partial charge in [-0.3, -0.25) is 4.79 Å². The number of carbonyl (C=O) groups excluding carboxylic acids is 1. The lowest BCUT2D eigenvalue weighted by Gasteiger charge is -2.37. The summed E-state index contributed by atoms with van der Waals surface area (Å²) >= 11 is 1.46. The summed E-state index contributed by atoms with van der Waals surface area (Å²) in [6.45, 7) is 2.89. The van der Waals surface area contributed by atoms with Crippen molar-refractivity contribution in [3.05, 3.63) is 51.5 Å². The van der Waals surface area contributed by atoms with E-state index in [4.69, 9.17) is 0 Å². The summed E-state index contributed by atoms with van der Waals surface area (Å²) in [4.78, 5) is 18.3. The summed E-state index contributed by atoms with van der Waals surface area (Å²) in [6, 6.07) is 9.51. The molecule has 6 nitrogen and oxygen atoms in total. The average Bonchev–Trinajstić information content (AvgIpc) is 3.20. The van der Waals surface area contributed by atoms with Gasteiger partial charge in [-0.1, -0.05) is 56.0 Å². The molecule has 0 spiro atoms. The lowest BCUT2D eigenvalue weighted by Crippen LogP contribution is -2.44. The first kappa shape index (κ1) is 22.4. The number of aromatic nitrogens is 1. The van der Waals surface area contributed by atoms with Crippen molar-refractivity contribution in [2.24, 2.45) is 0 Å². The van der Waals surface area contributed by atoms with E-state index in [0.29, 0.717) is 18.8 Å². The summed E-state index contributed by atoms with van der Waals surface area (Å²) in [5, 5.41) is 3.42. The third kappa shape index (κ3) is 5.02. The Labute approximate surface area is 189 Å². The quantitative estimate of drug-likeness (QED) is 0.683. The lowest BCUT2D eigenvalue weighted by atomic mass is 10.0. The van der Waals surface area contributed by atoms with E-state index in [9.17, 15) is 13.2 Å². The fourth-order valence-electron chi connectivity index (χ4n) is 4.64. The normalized spacial score (nSPS) is 21.1. The van der Waals surface area contributed by atoms with E-state index in [1.165, 1.54) is 11.3 Å². The van der Waals surface area contributed by atoms with Crippen LogP contribution >= 0.6 is 11.3 Å². The van der Waals surface area contributed by atoms with Crippen LogP contribution in [0.4, 0.5) is 0 Å². The highest BCUT2D eigenvalue weighted by Gasteiger charge is 2.40. The predicted octanol–water partition coefficient (Wildman–Crippen LogP) is 4.57. The van der Waals surface area contributed by atoms with Crippen molar-refractivity contribution in [2.75, 3.05) is 6.54 Å². The van der Waals surface area contributed by atoms with Crippen LogP contribution in [0.3, 0.4) is 0 Å². The Morgan fingerprint density at radius 1 is 1.10 bits per heavy atom. The van der Waals surface area contributed by atoms with Gasteiger partial charge < -0.3 is 5.32 Å². The highest BCUT2D eigenvalue weighted by molar-refractivity contribution is 7.89. The van der Waals surface area contributed by atoms with Crippen LogP contribution in [-0.4, -0.2) is 35.4 Å². The van der Waals surface area contributed by atoms with Crippen LogP contribution in [0.5, 0.6) is 0 Å². The van der Waals surface area contributed by atoms with Gasteiger partial charge in [-0.2, -0.15) is 4.31 Å². The smallest absolute Gasteiger partial charge is 0.271 e. The van der Waals surface area contributed by atoms with Gasteiger partial charge in [-0.05, 0) is 38.2 Å². The van der Waals surface area contributed by atoms with E-state index >= 15 is 0 Å². The fraction of sp³-hybridized carbons (Fsp3) is 0.565. The highest BCUT2D eigenvalue weighted by Crippen LogP contribution is 2.39. The van der Waals surface area contributed by atoms with Crippen LogP contribution in [0.25, 0.3) is 0 Å². The van der Waals surface area contributed by atoms with Gasteiger partial charge in [0.15, 0.2) is 0 Å². The molecule has 8 heteroatoms. The number of carbonyl (C=O) groups is 1. The zero-order chi connectivity index (χ0) is 21.8. The number of hydrogen-bond donors (Lipinski definition) is 1. The third-order valence-electron chi connectivity index (χ3n) is 6.36. The molecule has 0 unspecified atom stereocenters.